The number of rotatable bonds is 4. The van der Waals surface area contributed by atoms with Gasteiger partial charge in [-0.1, -0.05) is 30.7 Å². The lowest BCUT2D eigenvalue weighted by Crippen LogP contribution is -2.40. The zero-order valence-corrected chi connectivity index (χ0v) is 14.6. The zero-order valence-electron chi connectivity index (χ0n) is 13.8. The summed E-state index contributed by atoms with van der Waals surface area (Å²) < 4.78 is 65.5. The molecule has 10 heteroatoms. The molecular formula is C15H21F5N2O2S. The van der Waals surface area contributed by atoms with Crippen LogP contribution >= 0.6 is 10.2 Å². The van der Waals surface area contributed by atoms with Gasteiger partial charge in [-0.25, -0.2) is 0 Å². The molecule has 4 nitrogen and oxygen atoms in total. The summed E-state index contributed by atoms with van der Waals surface area (Å²) in [6.07, 6.45) is 4.91. The monoisotopic (exact) mass is 388 g/mol. The van der Waals surface area contributed by atoms with E-state index in [2.05, 4.69) is 14.8 Å². The third-order valence-corrected chi connectivity index (χ3v) is 5.80. The number of fused-ring (bicyclic) bond motifs is 1. The lowest BCUT2D eigenvalue weighted by molar-refractivity contribution is 0.204. The number of halogens is 5. The van der Waals surface area contributed by atoms with Crippen molar-refractivity contribution in [3.63, 3.8) is 0 Å². The molecule has 2 aliphatic heterocycles. The van der Waals surface area contributed by atoms with E-state index in [-0.39, 0.29) is 17.4 Å². The first-order chi connectivity index (χ1) is 11.4. The smallest absolute Gasteiger partial charge is 0.310 e. The molecule has 0 amide bonds. The van der Waals surface area contributed by atoms with Gasteiger partial charge < -0.3 is 4.74 Å². The highest BCUT2D eigenvalue weighted by Crippen LogP contribution is 3.02. The van der Waals surface area contributed by atoms with E-state index in [0.29, 0.717) is 12.6 Å². The number of nitrogens with zero attached hydrogens (tertiary/aromatic N) is 2. The first-order valence-corrected chi connectivity index (χ1v) is 9.78. The van der Waals surface area contributed by atoms with Gasteiger partial charge in [0.2, 0.25) is 0 Å². The van der Waals surface area contributed by atoms with Crippen molar-refractivity contribution in [2.24, 2.45) is 5.18 Å². The molecule has 0 aromatic heterocycles. The summed E-state index contributed by atoms with van der Waals surface area (Å²) >= 11 is 0. The minimum absolute atomic E-state index is 0.210. The van der Waals surface area contributed by atoms with Crippen LogP contribution in [0, 0.1) is 4.91 Å². The van der Waals surface area contributed by atoms with Gasteiger partial charge in [0.1, 0.15) is 10.6 Å². The van der Waals surface area contributed by atoms with E-state index in [4.69, 9.17) is 0 Å². The SMILES string of the molecule is COc1cccc(S(F)(F)(F)(F)F)c1.O=NCC12CCCN1CCC2. The summed E-state index contributed by atoms with van der Waals surface area (Å²) in [6.45, 7) is 2.90. The second-order valence-corrected chi connectivity index (χ2v) is 8.76. The Balaban J connectivity index is 0.000000185. The number of ether oxygens (including phenoxy) is 1. The highest BCUT2D eigenvalue weighted by atomic mass is 32.5. The molecule has 25 heavy (non-hydrogen) atoms. The van der Waals surface area contributed by atoms with Gasteiger partial charge in [-0.05, 0) is 50.9 Å². The normalized spacial score (nSPS) is 22.2. The highest BCUT2D eigenvalue weighted by Gasteiger charge is 2.65. The van der Waals surface area contributed by atoms with Crippen LogP contribution in [0.25, 0.3) is 0 Å². The fraction of sp³-hybridized carbons (Fsp3) is 0.600. The van der Waals surface area contributed by atoms with Crippen LogP contribution in [0.15, 0.2) is 34.3 Å². The molecule has 0 N–H and O–H groups in total. The largest absolute Gasteiger partial charge is 0.497 e. The molecule has 3 rings (SSSR count). The molecule has 0 bridgehead atoms. The Morgan fingerprint density at radius 3 is 2.24 bits per heavy atom. The zero-order chi connectivity index (χ0) is 18.8. The molecule has 2 aliphatic rings. The average molecular weight is 388 g/mol. The van der Waals surface area contributed by atoms with Crippen molar-refractivity contribution in [3.05, 3.63) is 29.2 Å². The van der Waals surface area contributed by atoms with Gasteiger partial charge in [0.05, 0.1) is 13.7 Å². The maximum absolute atomic E-state index is 12.2. The van der Waals surface area contributed by atoms with E-state index in [0.717, 1.165) is 19.2 Å². The lowest BCUT2D eigenvalue weighted by atomic mass is 9.94. The summed E-state index contributed by atoms with van der Waals surface area (Å²) in [6, 6.07) is 2.63. The third kappa shape index (κ3) is 4.81. The fourth-order valence-electron chi connectivity index (χ4n) is 3.44. The Hall–Kier alpha value is -1.42. The Bertz CT molecular complexity index is 628. The summed E-state index contributed by atoms with van der Waals surface area (Å²) in [5.41, 5.74) is 0.210. The molecule has 0 unspecified atom stereocenters. The molecule has 144 valence electrons. The number of benzene rings is 1. The predicted octanol–water partition coefficient (Wildman–Crippen LogP) is 5.73. The van der Waals surface area contributed by atoms with Gasteiger partial charge >= 0.3 is 10.2 Å². The van der Waals surface area contributed by atoms with Crippen LogP contribution < -0.4 is 4.74 Å². The second kappa shape index (κ2) is 6.08. The van der Waals surface area contributed by atoms with Crippen molar-refractivity contribution < 1.29 is 24.2 Å². The Kier molecular flexibility index (Phi) is 4.84. The van der Waals surface area contributed by atoms with Crippen LogP contribution in [0.2, 0.25) is 0 Å². The maximum Gasteiger partial charge on any atom is 0.310 e. The van der Waals surface area contributed by atoms with Gasteiger partial charge in [0, 0.05) is 11.6 Å². The molecular weight excluding hydrogens is 367 g/mol. The average Bonchev–Trinajstić information content (AvgIpc) is 3.05. The summed E-state index contributed by atoms with van der Waals surface area (Å²) in [7, 11) is -8.46. The van der Waals surface area contributed by atoms with Crippen LogP contribution in [0.1, 0.15) is 25.7 Å². The minimum Gasteiger partial charge on any atom is -0.497 e. The minimum atomic E-state index is -9.56. The number of methoxy groups -OCH3 is 1. The van der Waals surface area contributed by atoms with Gasteiger partial charge in [-0.15, -0.1) is 0 Å². The van der Waals surface area contributed by atoms with Crippen LogP contribution in [0.5, 0.6) is 5.75 Å². The first kappa shape index (κ1) is 19.9. The standard InChI is InChI=1S/C8H14N2O.C7H7F5OS/c11-9-7-8-3-1-5-10(8)6-2-4-8;1-13-6-3-2-4-7(5-6)14(8,9,10,11)12/h1-7H2;2-5H,1H3. The van der Waals surface area contributed by atoms with Crippen molar-refractivity contribution in [1.82, 2.24) is 4.90 Å². The van der Waals surface area contributed by atoms with Gasteiger partial charge in [0.25, 0.3) is 0 Å². The molecule has 2 fully saturated rings. The molecule has 0 aliphatic carbocycles. The Labute approximate surface area is 143 Å². The fourth-order valence-corrected chi connectivity index (χ4v) is 4.12. The summed E-state index contributed by atoms with van der Waals surface area (Å²) in [5, 5.41) is 3.06. The van der Waals surface area contributed by atoms with Gasteiger partial charge in [-0.2, -0.15) is 4.91 Å². The quantitative estimate of drug-likeness (QED) is 0.488. The van der Waals surface area contributed by atoms with Crippen molar-refractivity contribution in [2.75, 3.05) is 26.7 Å². The van der Waals surface area contributed by atoms with Crippen LogP contribution in [0.4, 0.5) is 19.4 Å². The van der Waals surface area contributed by atoms with E-state index in [9.17, 15) is 24.3 Å². The van der Waals surface area contributed by atoms with Crippen molar-refractivity contribution in [1.29, 1.82) is 0 Å². The molecule has 0 saturated carbocycles. The van der Waals surface area contributed by atoms with E-state index >= 15 is 0 Å². The predicted molar refractivity (Wildman–Crippen MR) is 87.8 cm³/mol. The first-order valence-electron chi connectivity index (χ1n) is 7.82. The summed E-state index contributed by atoms with van der Waals surface area (Å²) in [5.74, 6) is -0.254. The molecule has 0 radical (unpaired) electrons. The Morgan fingerprint density at radius 1 is 1.16 bits per heavy atom. The van der Waals surface area contributed by atoms with Crippen LogP contribution in [0.3, 0.4) is 0 Å². The van der Waals surface area contributed by atoms with Gasteiger partial charge in [0.15, 0.2) is 0 Å². The molecule has 0 atom stereocenters. The van der Waals surface area contributed by atoms with Crippen LogP contribution in [-0.2, 0) is 0 Å². The maximum atomic E-state index is 12.2. The van der Waals surface area contributed by atoms with E-state index in [1.165, 1.54) is 38.8 Å². The van der Waals surface area contributed by atoms with Crippen LogP contribution in [-0.4, -0.2) is 37.2 Å². The second-order valence-electron chi connectivity index (χ2n) is 6.35. The molecule has 1 aromatic carbocycles. The molecule has 0 spiro atoms. The highest BCUT2D eigenvalue weighted by molar-refractivity contribution is 8.45. The van der Waals surface area contributed by atoms with Crippen molar-refractivity contribution >= 4 is 10.2 Å². The van der Waals surface area contributed by atoms with Crippen molar-refractivity contribution in [2.45, 2.75) is 36.1 Å². The van der Waals surface area contributed by atoms with E-state index in [1.54, 1.807) is 0 Å². The number of hydrogen-bond donors (Lipinski definition) is 0. The Morgan fingerprint density at radius 2 is 1.76 bits per heavy atom. The molecule has 2 saturated heterocycles. The van der Waals surface area contributed by atoms with E-state index < -0.39 is 15.1 Å². The number of nitroso groups, excluding NO2 is 1. The van der Waals surface area contributed by atoms with E-state index in [1.807, 2.05) is 0 Å². The number of hydrogen-bond acceptors (Lipinski definition) is 4. The van der Waals surface area contributed by atoms with Gasteiger partial charge in [-0.3, -0.25) is 4.90 Å². The lowest BCUT2D eigenvalue weighted by Gasteiger charge is -2.40. The molecule has 2 heterocycles. The van der Waals surface area contributed by atoms with Crippen molar-refractivity contribution in [3.8, 4) is 5.75 Å². The third-order valence-electron chi connectivity index (χ3n) is 4.66. The topological polar surface area (TPSA) is 41.9 Å². The summed E-state index contributed by atoms with van der Waals surface area (Å²) in [4.78, 5) is 10.7. The molecule has 1 aromatic rings.